The molecule has 0 bridgehead atoms. The number of pyridine rings is 1. The summed E-state index contributed by atoms with van der Waals surface area (Å²) in [7, 11) is 0. The molecule has 0 spiro atoms. The Balaban J connectivity index is 1.88. The van der Waals surface area contributed by atoms with Gasteiger partial charge in [-0.1, -0.05) is 65.4 Å². The highest BCUT2D eigenvalue weighted by molar-refractivity contribution is 5.79. The van der Waals surface area contributed by atoms with Gasteiger partial charge in [-0.15, -0.1) is 5.10 Å². The van der Waals surface area contributed by atoms with Crippen LogP contribution in [-0.2, 0) is 0 Å². The molecule has 3 aromatic carbocycles. The van der Waals surface area contributed by atoms with Gasteiger partial charge in [0.1, 0.15) is 5.52 Å². The molecule has 0 radical (unpaired) electrons. The van der Waals surface area contributed by atoms with Crippen LogP contribution in [0, 0.1) is 6.92 Å². The van der Waals surface area contributed by atoms with E-state index in [0.717, 1.165) is 39.2 Å². The van der Waals surface area contributed by atoms with E-state index in [-0.39, 0.29) is 5.56 Å². The predicted molar refractivity (Wildman–Crippen MR) is 115 cm³/mol. The van der Waals surface area contributed by atoms with E-state index in [1.807, 2.05) is 91.9 Å². The van der Waals surface area contributed by atoms with Crippen molar-refractivity contribution in [2.24, 2.45) is 0 Å². The van der Waals surface area contributed by atoms with Gasteiger partial charge < -0.3 is 0 Å². The van der Waals surface area contributed by atoms with Crippen molar-refractivity contribution >= 4 is 11.0 Å². The molecule has 2 aromatic heterocycles. The van der Waals surface area contributed by atoms with Crippen LogP contribution in [0.5, 0.6) is 0 Å². The summed E-state index contributed by atoms with van der Waals surface area (Å²) in [4.78, 5) is 13.0. The monoisotopic (exact) mass is 378 g/mol. The van der Waals surface area contributed by atoms with Gasteiger partial charge in [-0.2, -0.15) is 0 Å². The summed E-state index contributed by atoms with van der Waals surface area (Å²) < 4.78 is 3.53. The number of para-hydroxylation sites is 1. The topological polar surface area (TPSA) is 52.7 Å². The molecular weight excluding hydrogens is 360 g/mol. The first-order valence-electron chi connectivity index (χ1n) is 9.42. The molecule has 0 N–H and O–H groups in total. The van der Waals surface area contributed by atoms with Gasteiger partial charge in [0.25, 0.3) is 5.56 Å². The van der Waals surface area contributed by atoms with E-state index in [1.54, 1.807) is 15.3 Å². The first kappa shape index (κ1) is 17.1. The highest BCUT2D eigenvalue weighted by atomic mass is 16.1. The van der Waals surface area contributed by atoms with Gasteiger partial charge in [-0.25, -0.2) is 4.68 Å². The molecule has 0 aliphatic rings. The molecule has 0 saturated heterocycles. The summed E-state index contributed by atoms with van der Waals surface area (Å²) in [6, 6.07) is 29.0. The lowest BCUT2D eigenvalue weighted by Crippen LogP contribution is -2.21. The molecule has 5 nitrogen and oxygen atoms in total. The fourth-order valence-electron chi connectivity index (χ4n) is 3.57. The van der Waals surface area contributed by atoms with Crippen molar-refractivity contribution in [3.05, 3.63) is 107 Å². The number of hydrogen-bond donors (Lipinski definition) is 0. The molecule has 0 amide bonds. The molecule has 0 atom stereocenters. The third kappa shape index (κ3) is 2.93. The lowest BCUT2D eigenvalue weighted by molar-refractivity contribution is 0.813. The van der Waals surface area contributed by atoms with Gasteiger partial charge in [0.15, 0.2) is 0 Å². The van der Waals surface area contributed by atoms with Crippen LogP contribution in [-0.4, -0.2) is 19.6 Å². The van der Waals surface area contributed by atoms with E-state index in [0.29, 0.717) is 0 Å². The number of aryl methyl sites for hydroxylation is 1. The number of rotatable bonds is 3. The number of aromatic nitrogens is 4. The molecule has 0 aliphatic carbocycles. The predicted octanol–water partition coefficient (Wildman–Crippen LogP) is 4.55. The summed E-state index contributed by atoms with van der Waals surface area (Å²) in [5.41, 5.74) is 6.05. The smallest absolute Gasteiger partial charge is 0.255 e. The number of fused-ring (bicyclic) bond motifs is 1. The quantitative estimate of drug-likeness (QED) is 0.463. The van der Waals surface area contributed by atoms with Gasteiger partial charge in [0, 0.05) is 17.3 Å². The normalized spacial score (nSPS) is 11.1. The van der Waals surface area contributed by atoms with E-state index in [2.05, 4.69) is 10.3 Å². The van der Waals surface area contributed by atoms with E-state index >= 15 is 0 Å². The minimum atomic E-state index is -0.0964. The summed E-state index contributed by atoms with van der Waals surface area (Å²) in [6.07, 6.45) is 0. The van der Waals surface area contributed by atoms with Crippen molar-refractivity contribution in [3.63, 3.8) is 0 Å². The summed E-state index contributed by atoms with van der Waals surface area (Å²) in [6.45, 7) is 2.03. The van der Waals surface area contributed by atoms with E-state index in [4.69, 9.17) is 0 Å². The molecule has 0 fully saturated rings. The zero-order valence-corrected chi connectivity index (χ0v) is 15.9. The second-order valence-electron chi connectivity index (χ2n) is 6.93. The SMILES string of the molecule is Cc1ccc(-n2c(-c3ccccc3)c(-n3nnc4ccccc43)ccc2=O)cc1. The van der Waals surface area contributed by atoms with E-state index in [9.17, 15) is 4.79 Å². The third-order valence-electron chi connectivity index (χ3n) is 4.99. The second-order valence-corrected chi connectivity index (χ2v) is 6.93. The summed E-state index contributed by atoms with van der Waals surface area (Å²) in [5, 5.41) is 8.67. The Bertz CT molecular complexity index is 1370. The van der Waals surface area contributed by atoms with E-state index < -0.39 is 0 Å². The second kappa shape index (κ2) is 6.87. The molecule has 140 valence electrons. The van der Waals surface area contributed by atoms with Gasteiger partial charge in [-0.3, -0.25) is 9.36 Å². The fraction of sp³-hybridized carbons (Fsp3) is 0.0417. The third-order valence-corrected chi connectivity index (χ3v) is 4.99. The maximum Gasteiger partial charge on any atom is 0.255 e. The average Bonchev–Trinajstić information content (AvgIpc) is 3.19. The molecule has 0 aliphatic heterocycles. The highest BCUT2D eigenvalue weighted by Gasteiger charge is 2.17. The van der Waals surface area contributed by atoms with Gasteiger partial charge in [0.05, 0.1) is 16.9 Å². The van der Waals surface area contributed by atoms with Crippen LogP contribution in [0.25, 0.3) is 33.7 Å². The highest BCUT2D eigenvalue weighted by Crippen LogP contribution is 2.29. The summed E-state index contributed by atoms with van der Waals surface area (Å²) >= 11 is 0. The van der Waals surface area contributed by atoms with Crippen LogP contribution in [0.4, 0.5) is 0 Å². The van der Waals surface area contributed by atoms with E-state index in [1.165, 1.54) is 0 Å². The van der Waals surface area contributed by atoms with Crippen molar-refractivity contribution in [2.75, 3.05) is 0 Å². The lowest BCUT2D eigenvalue weighted by Gasteiger charge is -2.18. The van der Waals surface area contributed by atoms with Gasteiger partial charge in [0.2, 0.25) is 0 Å². The Morgan fingerprint density at radius 2 is 1.48 bits per heavy atom. The molecule has 2 heterocycles. The number of hydrogen-bond acceptors (Lipinski definition) is 3. The molecule has 5 rings (SSSR count). The van der Waals surface area contributed by atoms with Crippen LogP contribution in [0.2, 0.25) is 0 Å². The number of benzene rings is 3. The van der Waals surface area contributed by atoms with Crippen LogP contribution >= 0.6 is 0 Å². The zero-order chi connectivity index (χ0) is 19.8. The van der Waals surface area contributed by atoms with Crippen molar-refractivity contribution in [3.8, 4) is 22.6 Å². The molecular formula is C24H18N4O. The first-order chi connectivity index (χ1) is 14.2. The molecule has 0 saturated carbocycles. The van der Waals surface area contributed by atoms with Crippen molar-refractivity contribution in [1.29, 1.82) is 0 Å². The van der Waals surface area contributed by atoms with Crippen LogP contribution in [0.1, 0.15) is 5.56 Å². The largest absolute Gasteiger partial charge is 0.275 e. The maximum atomic E-state index is 13.0. The minimum Gasteiger partial charge on any atom is -0.275 e. The fourth-order valence-corrected chi connectivity index (χ4v) is 3.57. The van der Waals surface area contributed by atoms with Crippen LogP contribution < -0.4 is 5.56 Å². The Hall–Kier alpha value is -3.99. The minimum absolute atomic E-state index is 0.0964. The maximum absolute atomic E-state index is 13.0. The molecule has 29 heavy (non-hydrogen) atoms. The Morgan fingerprint density at radius 3 is 2.28 bits per heavy atom. The first-order valence-corrected chi connectivity index (χ1v) is 9.42. The van der Waals surface area contributed by atoms with Crippen molar-refractivity contribution in [2.45, 2.75) is 6.92 Å². The molecule has 5 aromatic rings. The zero-order valence-electron chi connectivity index (χ0n) is 15.9. The lowest BCUT2D eigenvalue weighted by atomic mass is 10.1. The van der Waals surface area contributed by atoms with Crippen molar-refractivity contribution < 1.29 is 0 Å². The Kier molecular flexibility index (Phi) is 4.06. The van der Waals surface area contributed by atoms with Crippen molar-refractivity contribution in [1.82, 2.24) is 19.6 Å². The Morgan fingerprint density at radius 1 is 0.759 bits per heavy atom. The van der Waals surface area contributed by atoms with Gasteiger partial charge >= 0.3 is 0 Å². The van der Waals surface area contributed by atoms with Gasteiger partial charge in [-0.05, 0) is 37.3 Å². The Labute approximate surface area is 167 Å². The molecule has 0 unspecified atom stereocenters. The average molecular weight is 378 g/mol. The summed E-state index contributed by atoms with van der Waals surface area (Å²) in [5.74, 6) is 0. The number of nitrogens with zero attached hydrogens (tertiary/aromatic N) is 4. The van der Waals surface area contributed by atoms with Crippen LogP contribution in [0.3, 0.4) is 0 Å². The molecule has 5 heteroatoms. The standard InChI is InChI=1S/C24H18N4O/c1-17-11-13-19(14-12-17)27-23(29)16-15-22(24(27)18-7-3-2-4-8-18)28-21-10-6-5-9-20(21)25-26-28/h2-16H,1H3. The van der Waals surface area contributed by atoms with Crippen LogP contribution in [0.15, 0.2) is 95.8 Å².